The number of nitrogen functional groups attached to an aromatic ring is 1. The van der Waals surface area contributed by atoms with E-state index in [-0.39, 0.29) is 11.2 Å². The molecule has 2 aromatic rings. The number of pyridine rings is 1. The van der Waals surface area contributed by atoms with Crippen molar-refractivity contribution in [3.63, 3.8) is 0 Å². The minimum absolute atomic E-state index is 0.231. The van der Waals surface area contributed by atoms with E-state index >= 15 is 0 Å². The third-order valence-electron chi connectivity index (χ3n) is 2.57. The molecule has 2 rings (SSSR count). The largest absolute Gasteiger partial charge is 0.394 e. The zero-order valence-corrected chi connectivity index (χ0v) is 10.2. The Morgan fingerprint density at radius 3 is 2.62 bits per heavy atom. The molecule has 0 bridgehead atoms. The van der Waals surface area contributed by atoms with Crippen LogP contribution in [0.4, 0.5) is 5.69 Å². The molecule has 0 amide bonds. The lowest BCUT2D eigenvalue weighted by atomic mass is 10.0. The Morgan fingerprint density at radius 1 is 1.38 bits per heavy atom. The van der Waals surface area contributed by atoms with Crippen molar-refractivity contribution in [2.24, 2.45) is 0 Å². The minimum Gasteiger partial charge on any atom is -0.394 e. The number of anilines is 1. The molecule has 0 aromatic carbocycles. The molecular formula is C11H13N3OS. The molecule has 0 spiro atoms. The van der Waals surface area contributed by atoms with Gasteiger partial charge < -0.3 is 10.7 Å². The van der Waals surface area contributed by atoms with Gasteiger partial charge in [0.25, 0.3) is 5.56 Å². The predicted octanol–water partition coefficient (Wildman–Crippen LogP) is 2.01. The van der Waals surface area contributed by atoms with Crippen LogP contribution in [0.15, 0.2) is 10.2 Å². The first-order valence-electron chi connectivity index (χ1n) is 4.92. The summed E-state index contributed by atoms with van der Waals surface area (Å²) < 4.78 is 0. The molecule has 0 aliphatic heterocycles. The van der Waals surface area contributed by atoms with Crippen molar-refractivity contribution in [2.75, 3.05) is 5.73 Å². The molecule has 16 heavy (non-hydrogen) atoms. The quantitative estimate of drug-likeness (QED) is 0.794. The Balaban J connectivity index is 2.75. The number of rotatable bonds is 1. The van der Waals surface area contributed by atoms with Crippen molar-refractivity contribution in [1.82, 2.24) is 9.97 Å². The highest BCUT2D eigenvalue weighted by molar-refractivity contribution is 7.09. The molecule has 0 fully saturated rings. The molecule has 2 aromatic heterocycles. The molecule has 2 heterocycles. The highest BCUT2D eigenvalue weighted by Gasteiger charge is 2.13. The third-order valence-corrected chi connectivity index (χ3v) is 3.35. The van der Waals surface area contributed by atoms with E-state index < -0.39 is 0 Å². The molecule has 0 radical (unpaired) electrons. The van der Waals surface area contributed by atoms with Gasteiger partial charge >= 0.3 is 0 Å². The summed E-state index contributed by atoms with van der Waals surface area (Å²) in [7, 11) is 0. The lowest BCUT2D eigenvalue weighted by Gasteiger charge is -2.08. The first-order chi connectivity index (χ1) is 7.50. The van der Waals surface area contributed by atoms with Crippen LogP contribution < -0.4 is 11.3 Å². The van der Waals surface area contributed by atoms with Crippen molar-refractivity contribution in [1.29, 1.82) is 0 Å². The van der Waals surface area contributed by atoms with Crippen LogP contribution >= 0.6 is 11.3 Å². The number of hydrogen-bond acceptors (Lipinski definition) is 4. The van der Waals surface area contributed by atoms with Crippen molar-refractivity contribution in [2.45, 2.75) is 20.8 Å². The Bertz CT molecular complexity index is 598. The van der Waals surface area contributed by atoms with E-state index in [2.05, 4.69) is 9.97 Å². The van der Waals surface area contributed by atoms with E-state index in [4.69, 9.17) is 5.73 Å². The van der Waals surface area contributed by atoms with Gasteiger partial charge in [-0.3, -0.25) is 4.79 Å². The van der Waals surface area contributed by atoms with Crippen molar-refractivity contribution in [3.05, 3.63) is 32.0 Å². The summed E-state index contributed by atoms with van der Waals surface area (Å²) in [5.41, 5.74) is 9.18. The Hall–Kier alpha value is -1.62. The van der Waals surface area contributed by atoms with Crippen molar-refractivity contribution >= 4 is 17.0 Å². The van der Waals surface area contributed by atoms with Crippen LogP contribution in [0.5, 0.6) is 0 Å². The zero-order chi connectivity index (χ0) is 11.9. The maximum Gasteiger partial charge on any atom is 0.271 e. The van der Waals surface area contributed by atoms with Crippen LogP contribution in [0.3, 0.4) is 0 Å². The molecule has 4 nitrogen and oxygen atoms in total. The number of aromatic nitrogens is 2. The summed E-state index contributed by atoms with van der Waals surface area (Å²) in [5.74, 6) is 0. The SMILES string of the molecule is Cc1nc(-c2c(C)[nH]c(=O)c(N)c2C)cs1. The van der Waals surface area contributed by atoms with Crippen LogP contribution in [-0.2, 0) is 0 Å². The highest BCUT2D eigenvalue weighted by atomic mass is 32.1. The van der Waals surface area contributed by atoms with Crippen molar-refractivity contribution < 1.29 is 0 Å². The van der Waals surface area contributed by atoms with Gasteiger partial charge in [-0.05, 0) is 26.3 Å². The predicted molar refractivity (Wildman–Crippen MR) is 66.8 cm³/mol. The number of thiazole rings is 1. The first-order valence-corrected chi connectivity index (χ1v) is 5.80. The molecule has 3 N–H and O–H groups in total. The van der Waals surface area contributed by atoms with Gasteiger partial charge in [-0.2, -0.15) is 0 Å². The number of aromatic amines is 1. The van der Waals surface area contributed by atoms with Gasteiger partial charge in [-0.15, -0.1) is 11.3 Å². The average molecular weight is 235 g/mol. The summed E-state index contributed by atoms with van der Waals surface area (Å²) in [6.07, 6.45) is 0. The molecule has 0 atom stereocenters. The maximum absolute atomic E-state index is 11.5. The zero-order valence-electron chi connectivity index (χ0n) is 9.42. The van der Waals surface area contributed by atoms with Gasteiger partial charge in [0.2, 0.25) is 0 Å². The molecule has 0 aliphatic rings. The first kappa shape index (κ1) is 10.9. The maximum atomic E-state index is 11.5. The number of nitrogens with one attached hydrogen (secondary N) is 1. The fraction of sp³-hybridized carbons (Fsp3) is 0.273. The van der Waals surface area contributed by atoms with Gasteiger partial charge in [0.05, 0.1) is 10.7 Å². The normalized spacial score (nSPS) is 10.7. The van der Waals surface area contributed by atoms with E-state index in [1.54, 1.807) is 11.3 Å². The second kappa shape index (κ2) is 3.75. The standard InChI is InChI=1S/C11H13N3OS/c1-5-9(8-4-16-7(3)14-8)6(2)13-11(15)10(5)12/h4H,12H2,1-3H3,(H,13,15). The Kier molecular flexibility index (Phi) is 2.55. The second-order valence-corrected chi connectivity index (χ2v) is 4.81. The fourth-order valence-corrected chi connectivity index (χ4v) is 2.35. The Morgan fingerprint density at radius 2 is 2.06 bits per heavy atom. The highest BCUT2D eigenvalue weighted by Crippen LogP contribution is 2.28. The lowest BCUT2D eigenvalue weighted by molar-refractivity contribution is 1.12. The Labute approximate surface area is 97.2 Å². The van der Waals surface area contributed by atoms with Crippen LogP contribution in [0, 0.1) is 20.8 Å². The molecule has 0 saturated carbocycles. The van der Waals surface area contributed by atoms with E-state index in [0.29, 0.717) is 0 Å². The van der Waals surface area contributed by atoms with E-state index in [1.165, 1.54) is 0 Å². The van der Waals surface area contributed by atoms with Crippen LogP contribution in [0.25, 0.3) is 11.3 Å². The molecular weight excluding hydrogens is 222 g/mol. The minimum atomic E-state index is -0.231. The molecule has 84 valence electrons. The summed E-state index contributed by atoms with van der Waals surface area (Å²) in [5, 5.41) is 2.97. The topological polar surface area (TPSA) is 71.8 Å². The van der Waals surface area contributed by atoms with Gasteiger partial charge in [-0.1, -0.05) is 0 Å². The van der Waals surface area contributed by atoms with Crippen molar-refractivity contribution in [3.8, 4) is 11.3 Å². The number of nitrogens with two attached hydrogens (primary N) is 1. The lowest BCUT2D eigenvalue weighted by Crippen LogP contribution is -2.16. The summed E-state index contributed by atoms with van der Waals surface area (Å²) in [4.78, 5) is 18.6. The summed E-state index contributed by atoms with van der Waals surface area (Å²) >= 11 is 1.58. The molecule has 0 aliphatic carbocycles. The van der Waals surface area contributed by atoms with Crippen LogP contribution in [-0.4, -0.2) is 9.97 Å². The average Bonchev–Trinajstić information content (AvgIpc) is 2.61. The fourth-order valence-electron chi connectivity index (χ4n) is 1.75. The summed E-state index contributed by atoms with van der Waals surface area (Å²) in [6.45, 7) is 5.66. The monoisotopic (exact) mass is 235 g/mol. The number of hydrogen-bond donors (Lipinski definition) is 2. The molecule has 0 saturated heterocycles. The number of aryl methyl sites for hydroxylation is 2. The molecule has 5 heteroatoms. The second-order valence-electron chi connectivity index (χ2n) is 3.74. The number of nitrogens with zero attached hydrogens (tertiary/aromatic N) is 1. The van der Waals surface area contributed by atoms with Gasteiger partial charge in [-0.25, -0.2) is 4.98 Å². The molecule has 0 unspecified atom stereocenters. The van der Waals surface area contributed by atoms with Gasteiger partial charge in [0, 0.05) is 16.6 Å². The van der Waals surface area contributed by atoms with Gasteiger partial charge in [0.1, 0.15) is 5.69 Å². The third kappa shape index (κ3) is 1.63. The van der Waals surface area contributed by atoms with E-state index in [1.807, 2.05) is 26.2 Å². The van der Waals surface area contributed by atoms with E-state index in [9.17, 15) is 4.79 Å². The number of H-pyrrole nitrogens is 1. The summed E-state index contributed by atoms with van der Waals surface area (Å²) in [6, 6.07) is 0. The van der Waals surface area contributed by atoms with Crippen LogP contribution in [0.2, 0.25) is 0 Å². The van der Waals surface area contributed by atoms with Crippen LogP contribution in [0.1, 0.15) is 16.3 Å². The van der Waals surface area contributed by atoms with E-state index in [0.717, 1.165) is 27.5 Å². The van der Waals surface area contributed by atoms with Gasteiger partial charge in [0.15, 0.2) is 0 Å². The smallest absolute Gasteiger partial charge is 0.271 e.